The monoisotopic (exact) mass is 284 g/mol. The van der Waals surface area contributed by atoms with E-state index in [4.69, 9.17) is 5.11 Å². The first-order valence-electron chi connectivity index (χ1n) is 7.67. The molecule has 3 N–H and O–H groups in total. The molecule has 0 bridgehead atoms. The number of hydrogen-bond acceptors (Lipinski definition) is 2. The van der Waals surface area contributed by atoms with Gasteiger partial charge >= 0.3 is 12.0 Å². The Morgan fingerprint density at radius 3 is 2.30 bits per heavy atom. The van der Waals surface area contributed by atoms with Gasteiger partial charge in [0.05, 0.1) is 0 Å². The van der Waals surface area contributed by atoms with E-state index in [0.717, 1.165) is 12.3 Å². The molecule has 0 aromatic heterocycles. The van der Waals surface area contributed by atoms with Gasteiger partial charge in [0.25, 0.3) is 0 Å². The summed E-state index contributed by atoms with van der Waals surface area (Å²) < 4.78 is 0. The zero-order valence-corrected chi connectivity index (χ0v) is 12.8. The molecular formula is C15H28N2O3. The molecule has 5 heteroatoms. The Balaban J connectivity index is 2.21. The Morgan fingerprint density at radius 2 is 1.80 bits per heavy atom. The van der Waals surface area contributed by atoms with Gasteiger partial charge in [-0.1, -0.05) is 46.5 Å². The zero-order valence-electron chi connectivity index (χ0n) is 12.8. The lowest BCUT2D eigenvalue weighted by atomic mass is 9.81. The number of carbonyl (C=O) groups is 2. The summed E-state index contributed by atoms with van der Waals surface area (Å²) in [4.78, 5) is 22.7. The van der Waals surface area contributed by atoms with Crippen LogP contribution in [0.25, 0.3) is 0 Å². The number of carboxylic acid groups (broad SMARTS) is 1. The fraction of sp³-hybridized carbons (Fsp3) is 0.867. The van der Waals surface area contributed by atoms with Crippen LogP contribution in [0.2, 0.25) is 0 Å². The molecule has 0 aromatic rings. The van der Waals surface area contributed by atoms with E-state index in [9.17, 15) is 9.59 Å². The van der Waals surface area contributed by atoms with E-state index >= 15 is 0 Å². The van der Waals surface area contributed by atoms with E-state index in [1.807, 2.05) is 0 Å². The molecule has 20 heavy (non-hydrogen) atoms. The van der Waals surface area contributed by atoms with Gasteiger partial charge < -0.3 is 15.7 Å². The van der Waals surface area contributed by atoms with Gasteiger partial charge in [0.2, 0.25) is 0 Å². The Bertz CT molecular complexity index is 323. The Morgan fingerprint density at radius 1 is 1.20 bits per heavy atom. The molecule has 0 radical (unpaired) electrons. The first-order valence-corrected chi connectivity index (χ1v) is 7.67. The summed E-state index contributed by atoms with van der Waals surface area (Å²) in [5.41, 5.74) is 0. The minimum atomic E-state index is -0.989. The lowest BCUT2D eigenvalue weighted by Gasteiger charge is -2.26. The average Bonchev–Trinajstić information content (AvgIpc) is 2.37. The molecule has 1 aliphatic rings. The van der Waals surface area contributed by atoms with Crippen molar-refractivity contribution in [2.45, 2.75) is 58.9 Å². The van der Waals surface area contributed by atoms with Gasteiger partial charge in [-0.05, 0) is 24.2 Å². The number of amides is 2. The van der Waals surface area contributed by atoms with Crippen molar-refractivity contribution in [2.75, 3.05) is 6.54 Å². The van der Waals surface area contributed by atoms with E-state index in [1.165, 1.54) is 25.7 Å². The van der Waals surface area contributed by atoms with Crippen molar-refractivity contribution >= 4 is 12.0 Å². The molecular weight excluding hydrogens is 256 g/mol. The summed E-state index contributed by atoms with van der Waals surface area (Å²) in [6, 6.07) is -1.21. The third-order valence-corrected chi connectivity index (χ3v) is 4.19. The smallest absolute Gasteiger partial charge is 0.326 e. The minimum absolute atomic E-state index is 0.127. The Labute approximate surface area is 121 Å². The van der Waals surface area contributed by atoms with Crippen LogP contribution < -0.4 is 10.6 Å². The second-order valence-electron chi connectivity index (χ2n) is 6.37. The fourth-order valence-electron chi connectivity index (χ4n) is 2.71. The molecule has 0 saturated heterocycles. The highest BCUT2D eigenvalue weighted by molar-refractivity contribution is 5.82. The van der Waals surface area contributed by atoms with E-state index in [1.54, 1.807) is 13.8 Å². The first-order chi connectivity index (χ1) is 9.40. The zero-order chi connectivity index (χ0) is 15.1. The third-order valence-electron chi connectivity index (χ3n) is 4.19. The highest BCUT2D eigenvalue weighted by Crippen LogP contribution is 2.29. The predicted molar refractivity (Wildman–Crippen MR) is 78.5 cm³/mol. The maximum atomic E-state index is 11.7. The van der Waals surface area contributed by atoms with E-state index in [0.29, 0.717) is 12.5 Å². The normalized spacial score (nSPS) is 24.2. The highest BCUT2D eigenvalue weighted by atomic mass is 16.4. The number of carbonyl (C=O) groups excluding carboxylic acids is 1. The van der Waals surface area contributed by atoms with Crippen molar-refractivity contribution < 1.29 is 14.7 Å². The van der Waals surface area contributed by atoms with E-state index in [2.05, 4.69) is 17.6 Å². The molecule has 0 heterocycles. The van der Waals surface area contributed by atoms with Gasteiger partial charge in [-0.25, -0.2) is 9.59 Å². The second-order valence-corrected chi connectivity index (χ2v) is 6.37. The summed E-state index contributed by atoms with van der Waals surface area (Å²) in [5, 5.41) is 14.3. The number of urea groups is 1. The largest absolute Gasteiger partial charge is 0.480 e. The van der Waals surface area contributed by atoms with Crippen LogP contribution >= 0.6 is 0 Å². The van der Waals surface area contributed by atoms with Gasteiger partial charge in [0, 0.05) is 6.54 Å². The molecule has 1 fully saturated rings. The Kier molecular flexibility index (Phi) is 6.82. The molecule has 1 atom stereocenters. The molecule has 0 spiro atoms. The predicted octanol–water partition coefficient (Wildman–Crippen LogP) is 2.61. The standard InChI is InChI=1S/C15H28N2O3/c1-10(2)13(14(18)19)17-15(20)16-9-8-12-6-4-11(3)5-7-12/h10-13H,4-9H2,1-3H3,(H,18,19)(H2,16,17,20). The van der Waals surface area contributed by atoms with Crippen LogP contribution in [-0.2, 0) is 4.79 Å². The van der Waals surface area contributed by atoms with Crippen LogP contribution in [0.15, 0.2) is 0 Å². The minimum Gasteiger partial charge on any atom is -0.480 e. The van der Waals surface area contributed by atoms with Gasteiger partial charge in [-0.2, -0.15) is 0 Å². The first kappa shape index (κ1) is 16.8. The third kappa shape index (κ3) is 5.80. The number of aliphatic carboxylic acids is 1. The van der Waals surface area contributed by atoms with Crippen molar-refractivity contribution in [2.24, 2.45) is 17.8 Å². The van der Waals surface area contributed by atoms with Crippen molar-refractivity contribution in [1.82, 2.24) is 10.6 Å². The highest BCUT2D eigenvalue weighted by Gasteiger charge is 2.23. The molecule has 1 aliphatic carbocycles. The summed E-state index contributed by atoms with van der Waals surface area (Å²) in [5.74, 6) is 0.422. The van der Waals surface area contributed by atoms with Crippen LogP contribution in [0.3, 0.4) is 0 Å². The maximum absolute atomic E-state index is 11.7. The van der Waals surface area contributed by atoms with Crippen LogP contribution in [0, 0.1) is 17.8 Å². The SMILES string of the molecule is CC1CCC(CCNC(=O)NC(C(=O)O)C(C)C)CC1. The summed E-state index contributed by atoms with van der Waals surface area (Å²) in [6.45, 7) is 6.47. The second kappa shape index (κ2) is 8.12. The molecule has 1 rings (SSSR count). The van der Waals surface area contributed by atoms with Crippen LogP contribution in [0.1, 0.15) is 52.9 Å². The van der Waals surface area contributed by atoms with E-state index < -0.39 is 12.0 Å². The summed E-state index contributed by atoms with van der Waals surface area (Å²) in [7, 11) is 0. The van der Waals surface area contributed by atoms with Gasteiger partial charge in [0.1, 0.15) is 6.04 Å². The lowest BCUT2D eigenvalue weighted by Crippen LogP contribution is -2.48. The molecule has 5 nitrogen and oxygen atoms in total. The maximum Gasteiger partial charge on any atom is 0.326 e. The lowest BCUT2D eigenvalue weighted by molar-refractivity contribution is -0.140. The average molecular weight is 284 g/mol. The van der Waals surface area contributed by atoms with Crippen molar-refractivity contribution in [3.63, 3.8) is 0 Å². The van der Waals surface area contributed by atoms with Crippen molar-refractivity contribution in [3.05, 3.63) is 0 Å². The number of hydrogen-bond donors (Lipinski definition) is 3. The Hall–Kier alpha value is -1.26. The quantitative estimate of drug-likeness (QED) is 0.701. The van der Waals surface area contributed by atoms with Gasteiger partial charge in [0.15, 0.2) is 0 Å². The van der Waals surface area contributed by atoms with Gasteiger partial charge in [-0.15, -0.1) is 0 Å². The van der Waals surface area contributed by atoms with Gasteiger partial charge in [-0.3, -0.25) is 0 Å². The van der Waals surface area contributed by atoms with Crippen molar-refractivity contribution in [3.8, 4) is 0 Å². The summed E-state index contributed by atoms with van der Waals surface area (Å²) >= 11 is 0. The topological polar surface area (TPSA) is 78.4 Å². The van der Waals surface area contributed by atoms with Crippen LogP contribution in [-0.4, -0.2) is 29.7 Å². The molecule has 1 unspecified atom stereocenters. The number of carboxylic acids is 1. The molecule has 116 valence electrons. The van der Waals surface area contributed by atoms with Crippen LogP contribution in [0.4, 0.5) is 4.79 Å². The molecule has 2 amide bonds. The fourth-order valence-corrected chi connectivity index (χ4v) is 2.71. The van der Waals surface area contributed by atoms with E-state index in [-0.39, 0.29) is 11.9 Å². The number of rotatable bonds is 6. The molecule has 0 aliphatic heterocycles. The molecule has 1 saturated carbocycles. The molecule has 0 aromatic carbocycles. The number of nitrogens with one attached hydrogen (secondary N) is 2. The summed E-state index contributed by atoms with van der Waals surface area (Å²) in [6.07, 6.45) is 6.04. The van der Waals surface area contributed by atoms with Crippen LogP contribution in [0.5, 0.6) is 0 Å². The van der Waals surface area contributed by atoms with Crippen molar-refractivity contribution in [1.29, 1.82) is 0 Å².